The van der Waals surface area contributed by atoms with E-state index in [1.54, 1.807) is 30.3 Å². The third-order valence-corrected chi connectivity index (χ3v) is 4.86. The predicted octanol–water partition coefficient (Wildman–Crippen LogP) is 2.94. The van der Waals surface area contributed by atoms with Crippen molar-refractivity contribution in [1.29, 1.82) is 0 Å². The van der Waals surface area contributed by atoms with Crippen LogP contribution in [-0.2, 0) is 10.1 Å². The Morgan fingerprint density at radius 2 is 1.81 bits per heavy atom. The third-order valence-electron chi connectivity index (χ3n) is 3.97. The molecule has 5 N–H and O–H groups in total. The number of phenols is 1. The van der Waals surface area contributed by atoms with E-state index in [0.717, 1.165) is 11.6 Å². The van der Waals surface area contributed by atoms with Crippen molar-refractivity contribution in [3.8, 4) is 5.75 Å². The molecule has 0 aliphatic carbocycles. The summed E-state index contributed by atoms with van der Waals surface area (Å²) < 4.78 is 31.8. The van der Waals surface area contributed by atoms with Crippen LogP contribution in [0.4, 0.5) is 11.4 Å². The molecule has 0 saturated heterocycles. The van der Waals surface area contributed by atoms with Gasteiger partial charge in [-0.2, -0.15) is 8.42 Å². The summed E-state index contributed by atoms with van der Waals surface area (Å²) in [4.78, 5) is 11.9. The normalized spacial score (nSPS) is 11.5. The van der Waals surface area contributed by atoms with Gasteiger partial charge in [-0.15, -0.1) is 0 Å². The molecule has 0 radical (unpaired) electrons. The molecular weight excluding hydrogens is 356 g/mol. The number of hydrogen-bond donors (Lipinski definition) is 4. The molecule has 0 aliphatic heterocycles. The van der Waals surface area contributed by atoms with Crippen LogP contribution in [0.1, 0.15) is 15.9 Å². The van der Waals surface area contributed by atoms with Gasteiger partial charge in [0, 0.05) is 22.1 Å². The number of nitrogens with two attached hydrogens (primary N) is 1. The molecule has 8 heteroatoms. The van der Waals surface area contributed by atoms with E-state index in [4.69, 9.17) is 5.73 Å². The lowest BCUT2D eigenvalue weighted by molar-refractivity contribution is 0.102. The van der Waals surface area contributed by atoms with Crippen molar-refractivity contribution in [1.82, 2.24) is 0 Å². The molecule has 0 aromatic heterocycles. The summed E-state index contributed by atoms with van der Waals surface area (Å²) in [5.74, 6) is -1.02. The number of aromatic hydroxyl groups is 1. The summed E-state index contributed by atoms with van der Waals surface area (Å²) in [6.45, 7) is 1.86. The summed E-state index contributed by atoms with van der Waals surface area (Å²) in [5.41, 5.74) is 7.80. The number of benzene rings is 3. The van der Waals surface area contributed by atoms with Crippen LogP contribution < -0.4 is 11.1 Å². The van der Waals surface area contributed by atoms with E-state index in [-0.39, 0.29) is 5.39 Å². The van der Waals surface area contributed by atoms with Gasteiger partial charge in [-0.1, -0.05) is 24.3 Å². The number of fused-ring (bicyclic) bond motifs is 1. The molecule has 0 spiro atoms. The smallest absolute Gasteiger partial charge is 0.298 e. The molecule has 0 atom stereocenters. The highest BCUT2D eigenvalue weighted by Gasteiger charge is 2.19. The molecular formula is C18H16N2O5S. The Morgan fingerprint density at radius 3 is 2.46 bits per heavy atom. The molecule has 3 aromatic rings. The number of rotatable bonds is 3. The molecule has 134 valence electrons. The van der Waals surface area contributed by atoms with Crippen LogP contribution in [0, 0.1) is 6.92 Å². The number of aryl methyl sites for hydroxylation is 1. The lowest BCUT2D eigenvalue weighted by atomic mass is 10.1. The maximum absolute atomic E-state index is 12.5. The van der Waals surface area contributed by atoms with Gasteiger partial charge in [0.1, 0.15) is 10.6 Å². The topological polar surface area (TPSA) is 130 Å². The summed E-state index contributed by atoms with van der Waals surface area (Å²) >= 11 is 0. The van der Waals surface area contributed by atoms with Crippen LogP contribution in [0.5, 0.6) is 5.75 Å². The molecule has 0 bridgehead atoms. The number of nitrogen functional groups attached to an aromatic ring is 1. The first-order valence-corrected chi connectivity index (χ1v) is 9.02. The van der Waals surface area contributed by atoms with Crippen molar-refractivity contribution in [2.75, 3.05) is 11.1 Å². The standard InChI is InChI=1S/C18H16N2O5S/c1-10-5-6-13(14(19)9-10)18(22)20-15-4-2-3-12-11(15)7-8-16(17(12)21)26(23,24)25/h2-9,21H,19H2,1H3,(H,20,22)(H,23,24,25). The molecule has 0 saturated carbocycles. The van der Waals surface area contributed by atoms with Gasteiger partial charge < -0.3 is 16.2 Å². The Balaban J connectivity index is 2.06. The number of carbonyl (C=O) groups excluding carboxylic acids is 1. The second-order valence-corrected chi connectivity index (χ2v) is 7.22. The zero-order valence-electron chi connectivity index (χ0n) is 13.7. The molecule has 7 nitrogen and oxygen atoms in total. The summed E-state index contributed by atoms with van der Waals surface area (Å²) in [5, 5.41) is 13.5. The minimum absolute atomic E-state index is 0.176. The van der Waals surface area contributed by atoms with Gasteiger partial charge in [-0.25, -0.2) is 0 Å². The first-order chi connectivity index (χ1) is 12.2. The molecule has 26 heavy (non-hydrogen) atoms. The van der Waals surface area contributed by atoms with Gasteiger partial charge in [0.25, 0.3) is 16.0 Å². The lowest BCUT2D eigenvalue weighted by Gasteiger charge is -2.12. The monoisotopic (exact) mass is 372 g/mol. The maximum atomic E-state index is 12.5. The van der Waals surface area contributed by atoms with Gasteiger partial charge in [-0.3, -0.25) is 9.35 Å². The Labute approximate surface area is 149 Å². The highest BCUT2D eigenvalue weighted by atomic mass is 32.2. The molecule has 0 aliphatic rings. The highest BCUT2D eigenvalue weighted by molar-refractivity contribution is 7.86. The van der Waals surface area contributed by atoms with Crippen LogP contribution in [-0.4, -0.2) is 24.0 Å². The number of amides is 1. The minimum Gasteiger partial charge on any atom is -0.506 e. The van der Waals surface area contributed by atoms with Crippen molar-refractivity contribution in [2.24, 2.45) is 0 Å². The molecule has 3 rings (SSSR count). The number of phenolic OH excluding ortho intramolecular Hbond substituents is 1. The predicted molar refractivity (Wildman–Crippen MR) is 99.0 cm³/mol. The lowest BCUT2D eigenvalue weighted by Crippen LogP contribution is -2.14. The molecule has 0 heterocycles. The van der Waals surface area contributed by atoms with Crippen molar-refractivity contribution in [3.63, 3.8) is 0 Å². The average molecular weight is 372 g/mol. The summed E-state index contributed by atoms with van der Waals surface area (Å²) in [7, 11) is -4.57. The molecule has 0 unspecified atom stereocenters. The molecule has 1 amide bonds. The van der Waals surface area contributed by atoms with Crippen LogP contribution >= 0.6 is 0 Å². The van der Waals surface area contributed by atoms with E-state index in [1.807, 2.05) is 6.92 Å². The molecule has 0 fully saturated rings. The Kier molecular flexibility index (Phi) is 4.31. The molecule has 3 aromatic carbocycles. The number of anilines is 2. The van der Waals surface area contributed by atoms with E-state index < -0.39 is 26.7 Å². The van der Waals surface area contributed by atoms with Crippen molar-refractivity contribution in [2.45, 2.75) is 11.8 Å². The number of carbonyl (C=O) groups is 1. The Morgan fingerprint density at radius 1 is 1.08 bits per heavy atom. The summed E-state index contributed by atoms with van der Waals surface area (Å²) in [6.07, 6.45) is 0. The van der Waals surface area contributed by atoms with Crippen LogP contribution in [0.3, 0.4) is 0 Å². The second kappa shape index (κ2) is 6.32. The van der Waals surface area contributed by atoms with Crippen molar-refractivity contribution >= 4 is 38.2 Å². The fraction of sp³-hybridized carbons (Fsp3) is 0.0556. The first kappa shape index (κ1) is 17.7. The van der Waals surface area contributed by atoms with E-state index in [0.29, 0.717) is 22.3 Å². The first-order valence-electron chi connectivity index (χ1n) is 7.58. The van der Waals surface area contributed by atoms with Gasteiger partial charge >= 0.3 is 0 Å². The van der Waals surface area contributed by atoms with Gasteiger partial charge in [0.2, 0.25) is 0 Å². The van der Waals surface area contributed by atoms with E-state index in [9.17, 15) is 22.9 Å². The van der Waals surface area contributed by atoms with E-state index >= 15 is 0 Å². The highest BCUT2D eigenvalue weighted by Crippen LogP contribution is 2.35. The number of nitrogens with one attached hydrogen (secondary N) is 1. The van der Waals surface area contributed by atoms with E-state index in [2.05, 4.69) is 5.32 Å². The van der Waals surface area contributed by atoms with Gasteiger partial charge in [0.05, 0.1) is 5.56 Å². The van der Waals surface area contributed by atoms with Gasteiger partial charge in [0.15, 0.2) is 0 Å². The van der Waals surface area contributed by atoms with Crippen molar-refractivity contribution in [3.05, 3.63) is 59.7 Å². The van der Waals surface area contributed by atoms with E-state index in [1.165, 1.54) is 12.1 Å². The fourth-order valence-electron chi connectivity index (χ4n) is 2.72. The minimum atomic E-state index is -4.57. The number of hydrogen-bond acceptors (Lipinski definition) is 5. The van der Waals surface area contributed by atoms with Crippen LogP contribution in [0.2, 0.25) is 0 Å². The summed E-state index contributed by atoms with van der Waals surface area (Å²) in [6, 6.07) is 12.2. The van der Waals surface area contributed by atoms with Gasteiger partial charge in [-0.05, 0) is 36.8 Å². The Bertz CT molecular complexity index is 1140. The Hall–Kier alpha value is -3.10. The maximum Gasteiger partial charge on any atom is 0.298 e. The fourth-order valence-corrected chi connectivity index (χ4v) is 3.31. The van der Waals surface area contributed by atoms with Crippen LogP contribution in [0.25, 0.3) is 10.8 Å². The zero-order valence-corrected chi connectivity index (χ0v) is 14.5. The largest absolute Gasteiger partial charge is 0.506 e. The quantitative estimate of drug-likeness (QED) is 0.413. The second-order valence-electron chi connectivity index (χ2n) is 5.83. The van der Waals surface area contributed by atoms with Crippen molar-refractivity contribution < 1.29 is 22.9 Å². The van der Waals surface area contributed by atoms with Crippen LogP contribution in [0.15, 0.2) is 53.4 Å². The zero-order chi connectivity index (χ0) is 19.1. The SMILES string of the molecule is Cc1ccc(C(=O)Nc2cccc3c(O)c(S(=O)(=O)O)ccc23)c(N)c1. The third kappa shape index (κ3) is 3.19. The average Bonchev–Trinajstić information content (AvgIpc) is 2.54.